The van der Waals surface area contributed by atoms with E-state index in [0.29, 0.717) is 12.2 Å². The van der Waals surface area contributed by atoms with Gasteiger partial charge in [-0.25, -0.2) is 0 Å². The van der Waals surface area contributed by atoms with E-state index in [1.54, 1.807) is 0 Å². The minimum absolute atomic E-state index is 0.291. The van der Waals surface area contributed by atoms with Gasteiger partial charge < -0.3 is 5.11 Å². The summed E-state index contributed by atoms with van der Waals surface area (Å²) in [5.41, 5.74) is 6.96. The lowest BCUT2D eigenvalue weighted by molar-refractivity contribution is 0.387. The second-order valence-electron chi connectivity index (χ2n) is 4.66. The number of aryl methyl sites for hydroxylation is 2. The Morgan fingerprint density at radius 1 is 1.12 bits per heavy atom. The van der Waals surface area contributed by atoms with Gasteiger partial charge in [-0.2, -0.15) is 0 Å². The molecule has 0 aromatic heterocycles. The van der Waals surface area contributed by atoms with Crippen molar-refractivity contribution >= 4 is 0 Å². The summed E-state index contributed by atoms with van der Waals surface area (Å²) in [5.74, 6) is 0.291. The van der Waals surface area contributed by atoms with Gasteiger partial charge in [0.2, 0.25) is 0 Å². The number of rotatable bonds is 4. The van der Waals surface area contributed by atoms with E-state index in [-0.39, 0.29) is 0 Å². The molecule has 1 N–H and O–H groups in total. The fourth-order valence-electron chi connectivity index (χ4n) is 2.14. The molecule has 0 saturated carbocycles. The first kappa shape index (κ1) is 12.8. The zero-order valence-corrected chi connectivity index (χ0v) is 10.9. The van der Waals surface area contributed by atoms with Crippen molar-refractivity contribution in [3.63, 3.8) is 0 Å². The van der Waals surface area contributed by atoms with E-state index in [4.69, 9.17) is 5.11 Å². The summed E-state index contributed by atoms with van der Waals surface area (Å²) < 4.78 is 0. The molecule has 0 heterocycles. The molecule has 0 aliphatic heterocycles. The molecule has 0 aliphatic carbocycles. The molecule has 0 fully saturated rings. The lowest BCUT2D eigenvalue weighted by atomic mass is 9.91. The Morgan fingerprint density at radius 3 is 2.06 bits per heavy atom. The van der Waals surface area contributed by atoms with Gasteiger partial charge in [-0.15, -0.1) is 0 Å². The highest BCUT2D eigenvalue weighted by Gasteiger charge is 2.08. The zero-order valence-electron chi connectivity index (χ0n) is 10.9. The number of allylic oxidation sites excluding steroid dienone is 1. The molecule has 0 amide bonds. The third-order valence-corrected chi connectivity index (χ3v) is 3.41. The maximum atomic E-state index is 9.08. The molecule has 0 saturated heterocycles. The van der Waals surface area contributed by atoms with E-state index in [2.05, 4.69) is 40.3 Å². The molecule has 1 rings (SSSR count). The third kappa shape index (κ3) is 2.88. The van der Waals surface area contributed by atoms with Crippen LogP contribution in [0, 0.1) is 27.7 Å². The lowest BCUT2D eigenvalue weighted by Crippen LogP contribution is -1.99. The molecule has 16 heavy (non-hydrogen) atoms. The Labute approximate surface area is 98.8 Å². The molecule has 0 spiro atoms. The molecule has 1 heteroatoms. The summed E-state index contributed by atoms with van der Waals surface area (Å²) in [6, 6.07) is 2.25. The Morgan fingerprint density at radius 2 is 1.62 bits per heavy atom. The van der Waals surface area contributed by atoms with Crippen LogP contribution in [0.15, 0.2) is 18.4 Å². The second kappa shape index (κ2) is 5.20. The largest absolute Gasteiger partial charge is 0.513 e. The highest BCUT2D eigenvalue weighted by atomic mass is 16.3. The first-order valence-electron chi connectivity index (χ1n) is 5.86. The predicted molar refractivity (Wildman–Crippen MR) is 70.1 cm³/mol. The fraction of sp³-hybridized carbons (Fsp3) is 0.467. The van der Waals surface area contributed by atoms with Crippen molar-refractivity contribution < 1.29 is 5.11 Å². The molecule has 1 aromatic carbocycles. The van der Waals surface area contributed by atoms with Crippen molar-refractivity contribution in [1.82, 2.24) is 0 Å². The Bertz CT molecular complexity index is 376. The van der Waals surface area contributed by atoms with Crippen LogP contribution in [0.3, 0.4) is 0 Å². The maximum Gasteiger partial charge on any atom is 0.0851 e. The maximum absolute atomic E-state index is 9.08. The molecule has 0 radical (unpaired) electrons. The van der Waals surface area contributed by atoms with Crippen LogP contribution in [0.5, 0.6) is 0 Å². The molecule has 0 bridgehead atoms. The van der Waals surface area contributed by atoms with Crippen molar-refractivity contribution in [3.05, 3.63) is 46.2 Å². The summed E-state index contributed by atoms with van der Waals surface area (Å²) in [6.45, 7) is 12.2. The SMILES string of the molecule is C=C(O)CCCc1c(C)c(C)cc(C)c1C. The summed E-state index contributed by atoms with van der Waals surface area (Å²) >= 11 is 0. The topological polar surface area (TPSA) is 20.2 Å². The van der Waals surface area contributed by atoms with Gasteiger partial charge in [0, 0.05) is 6.42 Å². The van der Waals surface area contributed by atoms with Crippen molar-refractivity contribution in [3.8, 4) is 0 Å². The zero-order chi connectivity index (χ0) is 12.3. The van der Waals surface area contributed by atoms with Crippen LogP contribution in [0.2, 0.25) is 0 Å². The first-order valence-corrected chi connectivity index (χ1v) is 5.86. The fourth-order valence-corrected chi connectivity index (χ4v) is 2.14. The number of aliphatic hydroxyl groups excluding tert-OH is 1. The number of aliphatic hydroxyl groups is 1. The van der Waals surface area contributed by atoms with Gasteiger partial charge in [-0.3, -0.25) is 0 Å². The monoisotopic (exact) mass is 218 g/mol. The summed E-state index contributed by atoms with van der Waals surface area (Å²) in [4.78, 5) is 0. The molecule has 0 unspecified atom stereocenters. The summed E-state index contributed by atoms with van der Waals surface area (Å²) in [6.07, 6.45) is 2.70. The standard InChI is InChI=1S/C15H22O/c1-10-9-11(2)14(5)15(13(10)4)8-6-7-12(3)16/h9,16H,3,6-8H2,1-2,4-5H3. The normalized spacial score (nSPS) is 10.5. The highest BCUT2D eigenvalue weighted by molar-refractivity contribution is 5.44. The molecule has 0 aliphatic rings. The van der Waals surface area contributed by atoms with E-state index >= 15 is 0 Å². The highest BCUT2D eigenvalue weighted by Crippen LogP contribution is 2.23. The van der Waals surface area contributed by atoms with Gasteiger partial charge in [-0.05, 0) is 68.4 Å². The van der Waals surface area contributed by atoms with Crippen LogP contribution < -0.4 is 0 Å². The van der Waals surface area contributed by atoms with E-state index in [1.807, 2.05) is 0 Å². The predicted octanol–water partition coefficient (Wildman–Crippen LogP) is 4.31. The van der Waals surface area contributed by atoms with Gasteiger partial charge in [0.1, 0.15) is 0 Å². The Hall–Kier alpha value is -1.24. The van der Waals surface area contributed by atoms with E-state index < -0.39 is 0 Å². The van der Waals surface area contributed by atoms with Crippen LogP contribution in [0.25, 0.3) is 0 Å². The molecular formula is C15H22O. The third-order valence-electron chi connectivity index (χ3n) is 3.41. The average molecular weight is 218 g/mol. The first-order chi connectivity index (χ1) is 7.43. The minimum atomic E-state index is 0.291. The molecule has 1 aromatic rings. The average Bonchev–Trinajstić information content (AvgIpc) is 2.20. The van der Waals surface area contributed by atoms with Gasteiger partial charge in [0.15, 0.2) is 0 Å². The van der Waals surface area contributed by atoms with Crippen molar-refractivity contribution in [2.45, 2.75) is 47.0 Å². The number of benzene rings is 1. The van der Waals surface area contributed by atoms with Crippen molar-refractivity contribution in [2.24, 2.45) is 0 Å². The minimum Gasteiger partial charge on any atom is -0.513 e. The summed E-state index contributed by atoms with van der Waals surface area (Å²) in [7, 11) is 0. The lowest BCUT2D eigenvalue weighted by Gasteiger charge is -2.15. The number of hydrogen-bond acceptors (Lipinski definition) is 1. The Balaban J connectivity index is 2.90. The van der Waals surface area contributed by atoms with E-state index in [1.165, 1.54) is 27.8 Å². The second-order valence-corrected chi connectivity index (χ2v) is 4.66. The quantitative estimate of drug-likeness (QED) is 0.746. The van der Waals surface area contributed by atoms with E-state index in [0.717, 1.165) is 12.8 Å². The van der Waals surface area contributed by atoms with Crippen LogP contribution in [-0.2, 0) is 6.42 Å². The van der Waals surface area contributed by atoms with Gasteiger partial charge in [0.05, 0.1) is 5.76 Å². The molecule has 88 valence electrons. The Kier molecular flexibility index (Phi) is 4.17. The van der Waals surface area contributed by atoms with Crippen LogP contribution >= 0.6 is 0 Å². The van der Waals surface area contributed by atoms with E-state index in [9.17, 15) is 0 Å². The molecule has 0 atom stereocenters. The van der Waals surface area contributed by atoms with Gasteiger partial charge in [0.25, 0.3) is 0 Å². The smallest absolute Gasteiger partial charge is 0.0851 e. The number of hydrogen-bond donors (Lipinski definition) is 1. The molecule has 1 nitrogen and oxygen atoms in total. The molecular weight excluding hydrogens is 196 g/mol. The van der Waals surface area contributed by atoms with Gasteiger partial charge >= 0.3 is 0 Å². The van der Waals surface area contributed by atoms with Crippen LogP contribution in [0.4, 0.5) is 0 Å². The van der Waals surface area contributed by atoms with Gasteiger partial charge in [-0.1, -0.05) is 12.6 Å². The van der Waals surface area contributed by atoms with Crippen LogP contribution in [0.1, 0.15) is 40.7 Å². The van der Waals surface area contributed by atoms with Crippen molar-refractivity contribution in [1.29, 1.82) is 0 Å². The van der Waals surface area contributed by atoms with Crippen LogP contribution in [-0.4, -0.2) is 5.11 Å². The summed E-state index contributed by atoms with van der Waals surface area (Å²) in [5, 5.41) is 9.08. The van der Waals surface area contributed by atoms with Crippen molar-refractivity contribution in [2.75, 3.05) is 0 Å².